The van der Waals surface area contributed by atoms with Gasteiger partial charge in [-0.1, -0.05) is 0 Å². The normalized spacial score (nSPS) is 11.2. The second-order valence-corrected chi connectivity index (χ2v) is 4.36. The van der Waals surface area contributed by atoms with Crippen LogP contribution in [0.25, 0.3) is 0 Å². The first-order chi connectivity index (χ1) is 9.77. The van der Waals surface area contributed by atoms with E-state index in [0.717, 1.165) is 17.8 Å². The number of aryl methyl sites for hydroxylation is 1. The SMILES string of the molecule is Cc1ccc(Oc2ccc(C(=N)N)c(C(F)(F)F)c2)cn1. The van der Waals surface area contributed by atoms with Crippen molar-refractivity contribution in [2.24, 2.45) is 5.73 Å². The van der Waals surface area contributed by atoms with E-state index >= 15 is 0 Å². The molecule has 7 heteroatoms. The molecule has 0 aliphatic heterocycles. The molecular formula is C14H12F3N3O. The summed E-state index contributed by atoms with van der Waals surface area (Å²) in [6.07, 6.45) is -3.20. The Hall–Kier alpha value is -2.57. The summed E-state index contributed by atoms with van der Waals surface area (Å²) in [5, 5.41) is 7.20. The number of nitrogens with one attached hydrogen (secondary N) is 1. The molecule has 4 nitrogen and oxygen atoms in total. The van der Waals surface area contributed by atoms with Gasteiger partial charge in [0, 0.05) is 11.3 Å². The third-order valence-corrected chi connectivity index (χ3v) is 2.71. The molecule has 0 unspecified atom stereocenters. The number of alkyl halides is 3. The number of nitrogen functional groups attached to an aromatic ring is 1. The van der Waals surface area contributed by atoms with Gasteiger partial charge >= 0.3 is 6.18 Å². The highest BCUT2D eigenvalue weighted by Gasteiger charge is 2.34. The first kappa shape index (κ1) is 14.8. The maximum absolute atomic E-state index is 13.0. The lowest BCUT2D eigenvalue weighted by atomic mass is 10.1. The maximum atomic E-state index is 13.0. The van der Waals surface area contributed by atoms with Gasteiger partial charge in [-0.3, -0.25) is 10.4 Å². The van der Waals surface area contributed by atoms with Crippen molar-refractivity contribution in [2.45, 2.75) is 13.1 Å². The number of nitrogens with zero attached hydrogens (tertiary/aromatic N) is 1. The fourth-order valence-corrected chi connectivity index (χ4v) is 1.71. The van der Waals surface area contributed by atoms with Gasteiger partial charge < -0.3 is 10.5 Å². The van der Waals surface area contributed by atoms with Crippen LogP contribution >= 0.6 is 0 Å². The van der Waals surface area contributed by atoms with Crippen molar-refractivity contribution in [2.75, 3.05) is 0 Å². The molecule has 0 atom stereocenters. The zero-order valence-corrected chi connectivity index (χ0v) is 11.0. The zero-order chi connectivity index (χ0) is 15.6. The number of halogens is 3. The Bertz CT molecular complexity index is 666. The monoisotopic (exact) mass is 295 g/mol. The topological polar surface area (TPSA) is 72.0 Å². The summed E-state index contributed by atoms with van der Waals surface area (Å²) in [4.78, 5) is 3.99. The van der Waals surface area contributed by atoms with E-state index in [-0.39, 0.29) is 11.3 Å². The van der Waals surface area contributed by atoms with Crippen molar-refractivity contribution >= 4 is 5.84 Å². The Balaban J connectivity index is 2.38. The molecule has 2 rings (SSSR count). The van der Waals surface area contributed by atoms with E-state index in [1.165, 1.54) is 12.3 Å². The molecule has 110 valence electrons. The summed E-state index contributed by atoms with van der Waals surface area (Å²) < 4.78 is 44.2. The van der Waals surface area contributed by atoms with Crippen molar-refractivity contribution in [3.05, 3.63) is 53.3 Å². The Morgan fingerprint density at radius 1 is 1.19 bits per heavy atom. The lowest BCUT2D eigenvalue weighted by molar-refractivity contribution is -0.137. The van der Waals surface area contributed by atoms with Gasteiger partial charge in [0.2, 0.25) is 0 Å². The van der Waals surface area contributed by atoms with Crippen molar-refractivity contribution < 1.29 is 17.9 Å². The predicted octanol–water partition coefficient (Wildman–Crippen LogP) is 3.49. The second-order valence-electron chi connectivity index (χ2n) is 4.36. The van der Waals surface area contributed by atoms with Gasteiger partial charge in [-0.05, 0) is 37.3 Å². The Kier molecular flexibility index (Phi) is 3.84. The lowest BCUT2D eigenvalue weighted by Gasteiger charge is -2.14. The van der Waals surface area contributed by atoms with Crippen LogP contribution in [0.3, 0.4) is 0 Å². The van der Waals surface area contributed by atoms with Gasteiger partial charge in [-0.2, -0.15) is 13.2 Å². The van der Waals surface area contributed by atoms with E-state index in [2.05, 4.69) is 4.98 Å². The van der Waals surface area contributed by atoms with Gasteiger partial charge in [0.1, 0.15) is 17.3 Å². The number of nitrogens with two attached hydrogens (primary N) is 1. The molecule has 0 aliphatic rings. The average Bonchev–Trinajstić information content (AvgIpc) is 2.40. The standard InChI is InChI=1S/C14H12F3N3O/c1-8-2-3-10(7-20-8)21-9-4-5-11(13(18)19)12(6-9)14(15,16)17/h2-7H,1H3,(H3,18,19). The van der Waals surface area contributed by atoms with E-state index in [9.17, 15) is 13.2 Å². The number of rotatable bonds is 3. The summed E-state index contributed by atoms with van der Waals surface area (Å²) >= 11 is 0. The summed E-state index contributed by atoms with van der Waals surface area (Å²) in [5.74, 6) is -0.326. The minimum absolute atomic E-state index is 0.00187. The minimum Gasteiger partial charge on any atom is -0.456 e. The molecule has 1 aromatic heterocycles. The smallest absolute Gasteiger partial charge is 0.417 e. The van der Waals surface area contributed by atoms with Crippen molar-refractivity contribution in [1.82, 2.24) is 4.98 Å². The first-order valence-electron chi connectivity index (χ1n) is 5.93. The molecule has 0 aliphatic carbocycles. The maximum Gasteiger partial charge on any atom is 0.417 e. The molecule has 0 saturated carbocycles. The number of pyridine rings is 1. The van der Waals surface area contributed by atoms with Crippen molar-refractivity contribution in [3.63, 3.8) is 0 Å². The van der Waals surface area contributed by atoms with Crippen molar-refractivity contribution in [1.29, 1.82) is 5.41 Å². The van der Waals surface area contributed by atoms with Crippen LogP contribution in [0, 0.1) is 12.3 Å². The zero-order valence-electron chi connectivity index (χ0n) is 11.0. The average molecular weight is 295 g/mol. The molecule has 1 aromatic carbocycles. The van der Waals surface area contributed by atoms with E-state index in [1.807, 2.05) is 0 Å². The molecule has 0 radical (unpaired) electrons. The molecular weight excluding hydrogens is 283 g/mol. The predicted molar refractivity (Wildman–Crippen MR) is 71.5 cm³/mol. The van der Waals surface area contributed by atoms with Crippen LogP contribution in [-0.4, -0.2) is 10.8 Å². The van der Waals surface area contributed by atoms with Crippen LogP contribution in [0.4, 0.5) is 13.2 Å². The van der Waals surface area contributed by atoms with E-state index in [1.54, 1.807) is 19.1 Å². The number of amidine groups is 1. The highest BCUT2D eigenvalue weighted by Crippen LogP contribution is 2.35. The largest absolute Gasteiger partial charge is 0.456 e. The summed E-state index contributed by atoms with van der Waals surface area (Å²) in [5.41, 5.74) is 4.55. The number of benzene rings is 1. The second kappa shape index (κ2) is 5.43. The highest BCUT2D eigenvalue weighted by molar-refractivity contribution is 5.96. The fourth-order valence-electron chi connectivity index (χ4n) is 1.71. The summed E-state index contributed by atoms with van der Waals surface area (Å²) in [7, 11) is 0. The van der Waals surface area contributed by atoms with E-state index < -0.39 is 17.6 Å². The van der Waals surface area contributed by atoms with E-state index in [0.29, 0.717) is 5.75 Å². The Morgan fingerprint density at radius 3 is 2.38 bits per heavy atom. The van der Waals surface area contributed by atoms with E-state index in [4.69, 9.17) is 15.9 Å². The lowest BCUT2D eigenvalue weighted by Crippen LogP contribution is -2.18. The number of aromatic nitrogens is 1. The van der Waals surface area contributed by atoms with Crippen LogP contribution in [0.15, 0.2) is 36.5 Å². The number of hydrogen-bond donors (Lipinski definition) is 2. The quantitative estimate of drug-likeness (QED) is 0.672. The molecule has 0 saturated heterocycles. The molecule has 2 aromatic rings. The van der Waals surface area contributed by atoms with Crippen LogP contribution in [0.5, 0.6) is 11.5 Å². The Labute approximate surface area is 118 Å². The molecule has 0 bridgehead atoms. The van der Waals surface area contributed by atoms with Gasteiger partial charge in [-0.15, -0.1) is 0 Å². The first-order valence-corrected chi connectivity index (χ1v) is 5.93. The molecule has 0 fully saturated rings. The molecule has 21 heavy (non-hydrogen) atoms. The minimum atomic E-state index is -4.62. The van der Waals surface area contributed by atoms with Gasteiger partial charge in [-0.25, -0.2) is 0 Å². The number of hydrogen-bond acceptors (Lipinski definition) is 3. The third-order valence-electron chi connectivity index (χ3n) is 2.71. The van der Waals surface area contributed by atoms with Crippen LogP contribution in [0.1, 0.15) is 16.8 Å². The summed E-state index contributed by atoms with van der Waals surface area (Å²) in [6.45, 7) is 1.78. The van der Waals surface area contributed by atoms with Gasteiger partial charge in [0.05, 0.1) is 11.8 Å². The van der Waals surface area contributed by atoms with Crippen LogP contribution in [-0.2, 0) is 6.18 Å². The molecule has 3 N–H and O–H groups in total. The van der Waals surface area contributed by atoms with Gasteiger partial charge in [0.15, 0.2) is 0 Å². The molecule has 0 amide bonds. The number of ether oxygens (including phenoxy) is 1. The Morgan fingerprint density at radius 2 is 1.86 bits per heavy atom. The fraction of sp³-hybridized carbons (Fsp3) is 0.143. The summed E-state index contributed by atoms with van der Waals surface area (Å²) in [6, 6.07) is 6.54. The third kappa shape index (κ3) is 3.50. The van der Waals surface area contributed by atoms with Crippen LogP contribution < -0.4 is 10.5 Å². The highest BCUT2D eigenvalue weighted by atomic mass is 19.4. The van der Waals surface area contributed by atoms with Gasteiger partial charge in [0.25, 0.3) is 0 Å². The van der Waals surface area contributed by atoms with Crippen LogP contribution in [0.2, 0.25) is 0 Å². The molecule has 0 spiro atoms. The van der Waals surface area contributed by atoms with Crippen molar-refractivity contribution in [3.8, 4) is 11.5 Å². The molecule has 1 heterocycles.